The normalized spacial score (nSPS) is 10.3. The van der Waals surface area contributed by atoms with Crippen LogP contribution in [0.1, 0.15) is 11.1 Å². The topological polar surface area (TPSA) is 38.3 Å². The number of carbonyl (C=O) groups excluding carboxylic acids is 1. The molecule has 0 aromatic heterocycles. The summed E-state index contributed by atoms with van der Waals surface area (Å²) in [6.45, 7) is 5.13. The van der Waals surface area contributed by atoms with Gasteiger partial charge in [0.25, 0.3) is 0 Å². The van der Waals surface area contributed by atoms with Crippen molar-refractivity contribution in [1.29, 1.82) is 0 Å². The van der Waals surface area contributed by atoms with Crippen LogP contribution < -0.4 is 10.1 Å². The number of para-hydroxylation sites is 1. The van der Waals surface area contributed by atoms with Crippen molar-refractivity contribution in [2.45, 2.75) is 18.7 Å². The molecule has 1 amide bonds. The van der Waals surface area contributed by atoms with Gasteiger partial charge in [-0.05, 0) is 37.6 Å². The molecule has 0 heterocycles. The Morgan fingerprint density at radius 2 is 1.91 bits per heavy atom. The van der Waals surface area contributed by atoms with E-state index in [2.05, 4.69) is 37.4 Å². The summed E-state index contributed by atoms with van der Waals surface area (Å²) in [4.78, 5) is 13.0. The molecule has 0 saturated heterocycles. The summed E-state index contributed by atoms with van der Waals surface area (Å²) >= 11 is 1.57. The average molecular weight is 315 g/mol. The molecule has 3 nitrogen and oxygen atoms in total. The molecule has 1 N–H and O–H groups in total. The Labute approximate surface area is 136 Å². The number of carbonyl (C=O) groups is 1. The molecule has 0 atom stereocenters. The number of amides is 1. The lowest BCUT2D eigenvalue weighted by Gasteiger charge is -2.09. The lowest BCUT2D eigenvalue weighted by Crippen LogP contribution is -2.29. The highest BCUT2D eigenvalue weighted by Crippen LogP contribution is 2.22. The van der Waals surface area contributed by atoms with Crippen LogP contribution in [0, 0.1) is 13.8 Å². The molecule has 0 aliphatic rings. The second kappa shape index (κ2) is 8.49. The summed E-state index contributed by atoms with van der Waals surface area (Å²) in [6.07, 6.45) is 0. The highest BCUT2D eigenvalue weighted by molar-refractivity contribution is 8.00. The third kappa shape index (κ3) is 5.45. The number of benzene rings is 2. The van der Waals surface area contributed by atoms with E-state index in [0.717, 1.165) is 10.6 Å². The molecule has 2 rings (SSSR count). The third-order valence-electron chi connectivity index (χ3n) is 3.13. The van der Waals surface area contributed by atoms with Crippen LogP contribution in [0.3, 0.4) is 0 Å². The van der Waals surface area contributed by atoms with E-state index in [4.69, 9.17) is 4.74 Å². The van der Waals surface area contributed by atoms with Gasteiger partial charge in [-0.3, -0.25) is 4.79 Å². The van der Waals surface area contributed by atoms with Crippen molar-refractivity contribution in [3.8, 4) is 5.75 Å². The van der Waals surface area contributed by atoms with Crippen molar-refractivity contribution in [2.75, 3.05) is 18.9 Å². The van der Waals surface area contributed by atoms with Gasteiger partial charge in [0.1, 0.15) is 12.4 Å². The molecule has 22 heavy (non-hydrogen) atoms. The zero-order chi connectivity index (χ0) is 15.8. The van der Waals surface area contributed by atoms with E-state index in [-0.39, 0.29) is 5.91 Å². The minimum atomic E-state index is 0.0293. The Morgan fingerprint density at radius 1 is 1.14 bits per heavy atom. The second-order valence-corrected chi connectivity index (χ2v) is 6.09. The minimum absolute atomic E-state index is 0.0293. The van der Waals surface area contributed by atoms with Crippen LogP contribution in [0.5, 0.6) is 5.75 Å². The van der Waals surface area contributed by atoms with Crippen molar-refractivity contribution in [2.24, 2.45) is 0 Å². The van der Waals surface area contributed by atoms with Gasteiger partial charge < -0.3 is 10.1 Å². The van der Waals surface area contributed by atoms with Crippen LogP contribution in [0.25, 0.3) is 0 Å². The van der Waals surface area contributed by atoms with Crippen LogP contribution in [0.2, 0.25) is 0 Å². The van der Waals surface area contributed by atoms with Crippen molar-refractivity contribution < 1.29 is 9.53 Å². The first kappa shape index (κ1) is 16.4. The predicted octanol–water partition coefficient (Wildman–Crippen LogP) is 3.59. The first-order valence-electron chi connectivity index (χ1n) is 7.30. The van der Waals surface area contributed by atoms with E-state index in [9.17, 15) is 4.79 Å². The molecule has 0 saturated carbocycles. The number of ether oxygens (including phenoxy) is 1. The quantitative estimate of drug-likeness (QED) is 0.627. The number of aryl methyl sites for hydroxylation is 2. The van der Waals surface area contributed by atoms with E-state index in [0.29, 0.717) is 18.9 Å². The maximum absolute atomic E-state index is 11.8. The summed E-state index contributed by atoms with van der Waals surface area (Å²) in [5, 5.41) is 2.87. The van der Waals surface area contributed by atoms with E-state index in [1.54, 1.807) is 11.8 Å². The van der Waals surface area contributed by atoms with Crippen molar-refractivity contribution in [3.63, 3.8) is 0 Å². The van der Waals surface area contributed by atoms with Gasteiger partial charge in [-0.15, -0.1) is 11.8 Å². The molecule has 0 aliphatic carbocycles. The molecule has 0 spiro atoms. The second-order valence-electron chi connectivity index (χ2n) is 5.07. The first-order chi connectivity index (χ1) is 10.6. The van der Waals surface area contributed by atoms with Gasteiger partial charge in [0, 0.05) is 4.90 Å². The highest BCUT2D eigenvalue weighted by Gasteiger charge is 2.04. The highest BCUT2D eigenvalue weighted by atomic mass is 32.2. The fourth-order valence-electron chi connectivity index (χ4n) is 2.03. The lowest BCUT2D eigenvalue weighted by molar-refractivity contribution is -0.118. The molecule has 0 aliphatic heterocycles. The summed E-state index contributed by atoms with van der Waals surface area (Å²) in [7, 11) is 0. The van der Waals surface area contributed by atoms with E-state index in [1.807, 2.05) is 30.3 Å². The summed E-state index contributed by atoms with van der Waals surface area (Å²) < 4.78 is 5.53. The number of thioether (sulfide) groups is 1. The van der Waals surface area contributed by atoms with Crippen LogP contribution in [-0.4, -0.2) is 24.8 Å². The first-order valence-corrected chi connectivity index (χ1v) is 8.28. The van der Waals surface area contributed by atoms with E-state index in [1.165, 1.54) is 11.1 Å². The van der Waals surface area contributed by atoms with Crippen LogP contribution >= 0.6 is 11.8 Å². The zero-order valence-electron chi connectivity index (χ0n) is 13.0. The number of hydrogen-bond donors (Lipinski definition) is 1. The van der Waals surface area contributed by atoms with Crippen LogP contribution in [0.15, 0.2) is 53.4 Å². The van der Waals surface area contributed by atoms with Crippen molar-refractivity contribution >= 4 is 17.7 Å². The van der Waals surface area contributed by atoms with Gasteiger partial charge in [0.05, 0.1) is 12.3 Å². The Morgan fingerprint density at radius 3 is 2.64 bits per heavy atom. The van der Waals surface area contributed by atoms with E-state index < -0.39 is 0 Å². The Kier molecular flexibility index (Phi) is 6.34. The molecular weight excluding hydrogens is 294 g/mol. The summed E-state index contributed by atoms with van der Waals surface area (Å²) in [5.41, 5.74) is 2.45. The van der Waals surface area contributed by atoms with Crippen molar-refractivity contribution in [3.05, 3.63) is 59.7 Å². The van der Waals surface area contributed by atoms with Gasteiger partial charge in [-0.25, -0.2) is 0 Å². The maximum atomic E-state index is 11.8. The standard InChI is InChI=1S/C18H21NO2S/c1-14-8-9-17(15(2)12-14)22-13-18(20)19-10-11-21-16-6-4-3-5-7-16/h3-9,12H,10-11,13H2,1-2H3,(H,19,20). The van der Waals surface area contributed by atoms with Gasteiger partial charge >= 0.3 is 0 Å². The number of rotatable bonds is 7. The predicted molar refractivity (Wildman–Crippen MR) is 91.6 cm³/mol. The Balaban J connectivity index is 1.65. The van der Waals surface area contributed by atoms with Gasteiger partial charge in [-0.1, -0.05) is 35.9 Å². The Hall–Kier alpha value is -1.94. The van der Waals surface area contributed by atoms with Gasteiger partial charge in [0.2, 0.25) is 5.91 Å². The summed E-state index contributed by atoms with van der Waals surface area (Å²) in [5.74, 6) is 1.28. The molecule has 0 radical (unpaired) electrons. The molecule has 4 heteroatoms. The number of nitrogens with one attached hydrogen (secondary N) is 1. The SMILES string of the molecule is Cc1ccc(SCC(=O)NCCOc2ccccc2)c(C)c1. The zero-order valence-corrected chi connectivity index (χ0v) is 13.8. The van der Waals surface area contributed by atoms with E-state index >= 15 is 0 Å². The molecule has 2 aromatic carbocycles. The number of hydrogen-bond acceptors (Lipinski definition) is 3. The fourth-order valence-corrected chi connectivity index (χ4v) is 2.87. The van der Waals surface area contributed by atoms with Gasteiger partial charge in [0.15, 0.2) is 0 Å². The molecule has 116 valence electrons. The molecular formula is C18H21NO2S. The largest absolute Gasteiger partial charge is 0.492 e. The minimum Gasteiger partial charge on any atom is -0.492 e. The molecule has 2 aromatic rings. The summed E-state index contributed by atoms with van der Waals surface area (Å²) in [6, 6.07) is 15.9. The third-order valence-corrected chi connectivity index (χ3v) is 4.30. The van der Waals surface area contributed by atoms with Gasteiger partial charge in [-0.2, -0.15) is 0 Å². The fraction of sp³-hybridized carbons (Fsp3) is 0.278. The monoisotopic (exact) mass is 315 g/mol. The average Bonchev–Trinajstić information content (AvgIpc) is 2.52. The van der Waals surface area contributed by atoms with Crippen LogP contribution in [-0.2, 0) is 4.79 Å². The molecule has 0 bridgehead atoms. The smallest absolute Gasteiger partial charge is 0.230 e. The molecule has 0 fully saturated rings. The van der Waals surface area contributed by atoms with Crippen LogP contribution in [0.4, 0.5) is 0 Å². The lowest BCUT2D eigenvalue weighted by atomic mass is 10.2. The molecule has 0 unspecified atom stereocenters. The van der Waals surface area contributed by atoms with Crippen molar-refractivity contribution in [1.82, 2.24) is 5.32 Å². The maximum Gasteiger partial charge on any atom is 0.230 e. The Bertz CT molecular complexity index is 614.